The molecule has 0 atom stereocenters. The minimum Gasteiger partial charge on any atom is -0.489 e. The summed E-state index contributed by atoms with van der Waals surface area (Å²) in [5, 5.41) is 0. The van der Waals surface area contributed by atoms with Gasteiger partial charge in [-0.05, 0) is 43.3 Å². The molecule has 0 saturated carbocycles. The zero-order valence-corrected chi connectivity index (χ0v) is 15.2. The summed E-state index contributed by atoms with van der Waals surface area (Å²) in [7, 11) is 1.29. The lowest BCUT2D eigenvalue weighted by molar-refractivity contribution is 0.0600. The van der Waals surface area contributed by atoms with Crippen molar-refractivity contribution < 1.29 is 23.0 Å². The smallest absolute Gasteiger partial charge is 0.337 e. The number of pyridine rings is 1. The SMILES string of the molecule is COC(=O)c1ccc(-n2c(C)cc(OCc3ccc(F)cc3F)cc2=O)cc1. The number of ether oxygens (including phenoxy) is 2. The van der Waals surface area contributed by atoms with Crippen molar-refractivity contribution in [1.82, 2.24) is 4.57 Å². The number of methoxy groups -OCH3 is 1. The van der Waals surface area contributed by atoms with Crippen LogP contribution in [0, 0.1) is 18.6 Å². The van der Waals surface area contributed by atoms with Crippen LogP contribution >= 0.6 is 0 Å². The van der Waals surface area contributed by atoms with Crippen LogP contribution in [0.1, 0.15) is 21.6 Å². The van der Waals surface area contributed by atoms with Gasteiger partial charge in [-0.2, -0.15) is 0 Å². The second-order valence-corrected chi connectivity index (χ2v) is 6.07. The summed E-state index contributed by atoms with van der Waals surface area (Å²) < 4.78 is 38.3. The van der Waals surface area contributed by atoms with Gasteiger partial charge in [-0.3, -0.25) is 9.36 Å². The molecule has 0 saturated heterocycles. The van der Waals surface area contributed by atoms with E-state index < -0.39 is 17.6 Å². The van der Waals surface area contributed by atoms with Crippen molar-refractivity contribution in [3.05, 3.63) is 93.4 Å². The second kappa shape index (κ2) is 8.04. The monoisotopic (exact) mass is 385 g/mol. The van der Waals surface area contributed by atoms with Crippen LogP contribution in [0.2, 0.25) is 0 Å². The van der Waals surface area contributed by atoms with E-state index >= 15 is 0 Å². The zero-order valence-electron chi connectivity index (χ0n) is 15.2. The molecule has 3 aromatic rings. The first kappa shape index (κ1) is 19.3. The number of hydrogen-bond donors (Lipinski definition) is 0. The van der Waals surface area contributed by atoms with Gasteiger partial charge in [-0.1, -0.05) is 0 Å². The van der Waals surface area contributed by atoms with Crippen LogP contribution in [-0.4, -0.2) is 17.6 Å². The van der Waals surface area contributed by atoms with Crippen LogP contribution in [0.4, 0.5) is 8.78 Å². The highest BCUT2D eigenvalue weighted by molar-refractivity contribution is 5.89. The highest BCUT2D eigenvalue weighted by Crippen LogP contribution is 2.18. The molecule has 0 amide bonds. The molecule has 7 heteroatoms. The molecule has 0 aliphatic heterocycles. The molecule has 0 aliphatic rings. The Morgan fingerprint density at radius 3 is 2.36 bits per heavy atom. The first-order valence-electron chi connectivity index (χ1n) is 8.38. The van der Waals surface area contributed by atoms with E-state index in [4.69, 9.17) is 4.74 Å². The molecule has 0 fully saturated rings. The van der Waals surface area contributed by atoms with Gasteiger partial charge >= 0.3 is 5.97 Å². The fourth-order valence-electron chi connectivity index (χ4n) is 2.75. The summed E-state index contributed by atoms with van der Waals surface area (Å²) in [6.45, 7) is 1.59. The van der Waals surface area contributed by atoms with E-state index in [0.29, 0.717) is 16.9 Å². The van der Waals surface area contributed by atoms with Gasteiger partial charge in [0.25, 0.3) is 5.56 Å². The number of esters is 1. The summed E-state index contributed by atoms with van der Waals surface area (Å²) in [5.74, 6) is -1.57. The Hall–Kier alpha value is -3.48. The van der Waals surface area contributed by atoms with Gasteiger partial charge < -0.3 is 9.47 Å². The van der Waals surface area contributed by atoms with E-state index in [9.17, 15) is 18.4 Å². The van der Waals surface area contributed by atoms with Crippen molar-refractivity contribution in [2.45, 2.75) is 13.5 Å². The molecular formula is C21H17F2NO4. The molecule has 144 valence electrons. The number of nitrogens with zero attached hydrogens (tertiary/aromatic N) is 1. The molecule has 0 aliphatic carbocycles. The standard InChI is InChI=1S/C21H17F2NO4/c1-13-9-18(28-12-15-3-6-16(22)10-19(15)23)11-20(25)24(13)17-7-4-14(5-8-17)21(26)27-2/h3-11H,12H2,1-2H3. The lowest BCUT2D eigenvalue weighted by Crippen LogP contribution is -2.20. The number of aromatic nitrogens is 1. The fourth-order valence-corrected chi connectivity index (χ4v) is 2.75. The Morgan fingerprint density at radius 1 is 1.04 bits per heavy atom. The zero-order chi connectivity index (χ0) is 20.3. The van der Waals surface area contributed by atoms with Crippen molar-refractivity contribution in [1.29, 1.82) is 0 Å². The van der Waals surface area contributed by atoms with Crippen molar-refractivity contribution >= 4 is 5.97 Å². The minimum absolute atomic E-state index is 0.136. The molecule has 28 heavy (non-hydrogen) atoms. The van der Waals surface area contributed by atoms with Crippen LogP contribution in [0.25, 0.3) is 5.69 Å². The molecule has 3 rings (SSSR count). The van der Waals surface area contributed by atoms with Crippen molar-refractivity contribution in [3.63, 3.8) is 0 Å². The average molecular weight is 385 g/mol. The number of benzene rings is 2. The van der Waals surface area contributed by atoms with E-state index in [2.05, 4.69) is 4.74 Å². The Morgan fingerprint density at radius 2 is 1.75 bits per heavy atom. The third-order valence-corrected chi connectivity index (χ3v) is 4.15. The van der Waals surface area contributed by atoms with Crippen LogP contribution in [-0.2, 0) is 11.3 Å². The summed E-state index contributed by atoms with van der Waals surface area (Å²) in [4.78, 5) is 24.0. The highest BCUT2D eigenvalue weighted by atomic mass is 19.1. The summed E-state index contributed by atoms with van der Waals surface area (Å²) in [6.07, 6.45) is 0. The van der Waals surface area contributed by atoms with Gasteiger partial charge in [0.05, 0.1) is 12.7 Å². The molecule has 0 N–H and O–H groups in total. The molecule has 1 aromatic heterocycles. The first-order valence-corrected chi connectivity index (χ1v) is 8.38. The van der Waals surface area contributed by atoms with E-state index in [0.717, 1.165) is 12.1 Å². The quantitative estimate of drug-likeness (QED) is 0.627. The topological polar surface area (TPSA) is 57.5 Å². The third kappa shape index (κ3) is 4.09. The summed E-state index contributed by atoms with van der Waals surface area (Å²) >= 11 is 0. The molecule has 1 heterocycles. The Kier molecular flexibility index (Phi) is 5.54. The maximum atomic E-state index is 13.7. The molecule has 0 radical (unpaired) electrons. The third-order valence-electron chi connectivity index (χ3n) is 4.15. The summed E-state index contributed by atoms with van der Waals surface area (Å²) in [5.41, 5.74) is 1.37. The molecular weight excluding hydrogens is 368 g/mol. The van der Waals surface area contributed by atoms with E-state index in [-0.39, 0.29) is 23.5 Å². The molecule has 0 bridgehead atoms. The molecule has 5 nitrogen and oxygen atoms in total. The second-order valence-electron chi connectivity index (χ2n) is 6.07. The highest BCUT2D eigenvalue weighted by Gasteiger charge is 2.10. The molecule has 0 unspecified atom stereocenters. The number of carbonyl (C=O) groups excluding carboxylic acids is 1. The van der Waals surface area contributed by atoms with Gasteiger partial charge in [0.2, 0.25) is 0 Å². The lowest BCUT2D eigenvalue weighted by atomic mass is 10.2. The van der Waals surface area contributed by atoms with Gasteiger partial charge in [-0.25, -0.2) is 13.6 Å². The predicted octanol–water partition coefficient (Wildman–Crippen LogP) is 3.79. The van der Waals surface area contributed by atoms with Crippen molar-refractivity contribution in [2.24, 2.45) is 0 Å². The van der Waals surface area contributed by atoms with Crippen LogP contribution in [0.5, 0.6) is 5.75 Å². The van der Waals surface area contributed by atoms with Gasteiger partial charge in [0.15, 0.2) is 0 Å². The number of hydrogen-bond acceptors (Lipinski definition) is 4. The van der Waals surface area contributed by atoms with Crippen molar-refractivity contribution in [3.8, 4) is 11.4 Å². The Bertz CT molecular complexity index is 1070. The van der Waals surface area contributed by atoms with Gasteiger partial charge in [-0.15, -0.1) is 0 Å². The average Bonchev–Trinajstić information content (AvgIpc) is 2.66. The number of aryl methyl sites for hydroxylation is 1. The normalized spacial score (nSPS) is 10.6. The molecule has 2 aromatic carbocycles. The fraction of sp³-hybridized carbons (Fsp3) is 0.143. The van der Waals surface area contributed by atoms with Crippen LogP contribution in [0.15, 0.2) is 59.4 Å². The van der Waals surface area contributed by atoms with E-state index in [1.807, 2.05) is 0 Å². The minimum atomic E-state index is -0.712. The largest absolute Gasteiger partial charge is 0.489 e. The van der Waals surface area contributed by atoms with E-state index in [1.165, 1.54) is 23.8 Å². The predicted molar refractivity (Wildman–Crippen MR) is 98.8 cm³/mol. The Balaban J connectivity index is 1.83. The van der Waals surface area contributed by atoms with Gasteiger partial charge in [0, 0.05) is 35.1 Å². The lowest BCUT2D eigenvalue weighted by Gasteiger charge is -2.13. The first-order chi connectivity index (χ1) is 13.4. The summed E-state index contributed by atoms with van der Waals surface area (Å²) in [6, 6.07) is 12.5. The molecule has 0 spiro atoms. The maximum Gasteiger partial charge on any atom is 0.337 e. The van der Waals surface area contributed by atoms with E-state index in [1.54, 1.807) is 37.3 Å². The van der Waals surface area contributed by atoms with Crippen LogP contribution < -0.4 is 10.3 Å². The van der Waals surface area contributed by atoms with Crippen molar-refractivity contribution in [2.75, 3.05) is 7.11 Å². The van der Waals surface area contributed by atoms with Gasteiger partial charge in [0.1, 0.15) is 24.0 Å². The number of carbonyl (C=O) groups is 1. The Labute approximate surface area is 159 Å². The number of rotatable bonds is 5. The maximum absolute atomic E-state index is 13.7. The van der Waals surface area contributed by atoms with Crippen LogP contribution in [0.3, 0.4) is 0 Å². The number of halogens is 2.